The van der Waals surface area contributed by atoms with Gasteiger partial charge < -0.3 is 0 Å². The Hall–Kier alpha value is -2.57. The number of para-hydroxylation sites is 1. The second kappa shape index (κ2) is 7.98. The second-order valence-corrected chi connectivity index (χ2v) is 7.97. The summed E-state index contributed by atoms with van der Waals surface area (Å²) < 4.78 is 1.85. The maximum absolute atomic E-state index is 13.2. The van der Waals surface area contributed by atoms with Gasteiger partial charge in [-0.25, -0.2) is 4.98 Å². The minimum absolute atomic E-state index is 0.0983. The van der Waals surface area contributed by atoms with Crippen molar-refractivity contribution >= 4 is 48.5 Å². The van der Waals surface area contributed by atoms with Gasteiger partial charge in [0.15, 0.2) is 5.13 Å². The van der Waals surface area contributed by atoms with Crippen LogP contribution in [0, 0.1) is 0 Å². The lowest BCUT2D eigenvalue weighted by atomic mass is 10.1. The third-order valence-corrected chi connectivity index (χ3v) is 5.67. The second-order valence-electron chi connectivity index (χ2n) is 6.05. The molecule has 4 aromatic rings. The van der Waals surface area contributed by atoms with Crippen molar-refractivity contribution in [1.29, 1.82) is 0 Å². The summed E-state index contributed by atoms with van der Waals surface area (Å²) in [5.74, 6) is -0.0983. The summed E-state index contributed by atoms with van der Waals surface area (Å²) in [5, 5.41) is 0.706. The van der Waals surface area contributed by atoms with Crippen LogP contribution >= 0.6 is 27.3 Å². The Morgan fingerprint density at radius 2 is 1.81 bits per heavy atom. The number of halogens is 1. The summed E-state index contributed by atoms with van der Waals surface area (Å²) in [4.78, 5) is 23.8. The fraction of sp³-hybridized carbons (Fsp3) is 0.0952. The topological polar surface area (TPSA) is 46.1 Å². The summed E-state index contributed by atoms with van der Waals surface area (Å²) in [7, 11) is 0. The molecule has 2 aromatic heterocycles. The van der Waals surface area contributed by atoms with E-state index in [-0.39, 0.29) is 5.91 Å². The molecule has 0 aliphatic heterocycles. The lowest BCUT2D eigenvalue weighted by molar-refractivity contribution is 0.0987. The number of benzene rings is 2. The van der Waals surface area contributed by atoms with E-state index in [0.29, 0.717) is 17.2 Å². The van der Waals surface area contributed by atoms with Gasteiger partial charge in [0.1, 0.15) is 0 Å². The Kier molecular flexibility index (Phi) is 5.27. The molecule has 134 valence electrons. The van der Waals surface area contributed by atoms with Crippen molar-refractivity contribution in [3.8, 4) is 0 Å². The van der Waals surface area contributed by atoms with E-state index < -0.39 is 0 Å². The Labute approximate surface area is 169 Å². The first-order chi connectivity index (χ1) is 13.2. The summed E-state index contributed by atoms with van der Waals surface area (Å²) in [6, 6.07) is 19.9. The standard InChI is InChI=1S/C21H16BrN3OS/c22-17-12-16(13-23-14-17)20(26)25(11-10-15-6-2-1-3-7-15)21-24-18-8-4-5-9-19(18)27-21/h1-9,12-14H,10-11H2. The van der Waals surface area contributed by atoms with Gasteiger partial charge in [-0.3, -0.25) is 14.7 Å². The first kappa shape index (κ1) is 17.8. The van der Waals surface area contributed by atoms with E-state index in [0.717, 1.165) is 21.1 Å². The van der Waals surface area contributed by atoms with Crippen molar-refractivity contribution in [1.82, 2.24) is 9.97 Å². The van der Waals surface area contributed by atoms with Crippen LogP contribution < -0.4 is 4.90 Å². The number of aromatic nitrogens is 2. The van der Waals surface area contributed by atoms with Crippen molar-refractivity contribution in [3.63, 3.8) is 0 Å². The van der Waals surface area contributed by atoms with Crippen molar-refractivity contribution in [3.05, 3.63) is 88.7 Å². The number of carbonyl (C=O) groups is 1. The van der Waals surface area contributed by atoms with Gasteiger partial charge in [-0.1, -0.05) is 53.8 Å². The Morgan fingerprint density at radius 1 is 1.04 bits per heavy atom. The van der Waals surface area contributed by atoms with Crippen LogP contribution in [0.25, 0.3) is 10.2 Å². The van der Waals surface area contributed by atoms with E-state index in [4.69, 9.17) is 0 Å². The predicted molar refractivity (Wildman–Crippen MR) is 113 cm³/mol. The highest BCUT2D eigenvalue weighted by Gasteiger charge is 2.21. The van der Waals surface area contributed by atoms with Crippen molar-refractivity contribution in [2.75, 3.05) is 11.4 Å². The molecule has 1 amide bonds. The Balaban J connectivity index is 1.68. The van der Waals surface area contributed by atoms with E-state index in [9.17, 15) is 4.79 Å². The molecule has 0 radical (unpaired) electrons. The van der Waals surface area contributed by atoms with Crippen LogP contribution in [0.5, 0.6) is 0 Å². The molecule has 4 nitrogen and oxygen atoms in total. The monoisotopic (exact) mass is 437 g/mol. The van der Waals surface area contributed by atoms with Gasteiger partial charge >= 0.3 is 0 Å². The molecular formula is C21H16BrN3OS. The molecule has 0 spiro atoms. The third-order valence-electron chi connectivity index (χ3n) is 4.18. The molecule has 6 heteroatoms. The third kappa shape index (κ3) is 4.07. The molecule has 0 bridgehead atoms. The van der Waals surface area contributed by atoms with Gasteiger partial charge in [-0.15, -0.1) is 0 Å². The molecule has 0 saturated heterocycles. The first-order valence-corrected chi connectivity index (χ1v) is 10.1. The van der Waals surface area contributed by atoms with E-state index >= 15 is 0 Å². The van der Waals surface area contributed by atoms with Gasteiger partial charge in [-0.2, -0.15) is 0 Å². The number of amides is 1. The summed E-state index contributed by atoms with van der Waals surface area (Å²) in [6.45, 7) is 0.551. The average molecular weight is 438 g/mol. The quantitative estimate of drug-likeness (QED) is 0.423. The molecule has 0 unspecified atom stereocenters. The molecule has 0 atom stereocenters. The van der Waals surface area contributed by atoms with E-state index in [1.54, 1.807) is 23.4 Å². The van der Waals surface area contributed by atoms with Gasteiger partial charge in [0.2, 0.25) is 0 Å². The van der Waals surface area contributed by atoms with Crippen LogP contribution in [-0.2, 0) is 6.42 Å². The number of rotatable bonds is 5. The number of carbonyl (C=O) groups excluding carboxylic acids is 1. The van der Waals surface area contributed by atoms with Gasteiger partial charge in [0, 0.05) is 23.4 Å². The number of thiazole rings is 1. The number of pyridine rings is 1. The number of fused-ring (bicyclic) bond motifs is 1. The lowest BCUT2D eigenvalue weighted by Gasteiger charge is -2.20. The largest absolute Gasteiger partial charge is 0.284 e. The molecule has 0 saturated carbocycles. The summed E-state index contributed by atoms with van der Waals surface area (Å²) in [5.41, 5.74) is 2.63. The van der Waals surface area contributed by atoms with Crippen LogP contribution in [0.1, 0.15) is 15.9 Å². The average Bonchev–Trinajstić information content (AvgIpc) is 3.12. The van der Waals surface area contributed by atoms with E-state index in [1.165, 1.54) is 16.9 Å². The molecule has 0 N–H and O–H groups in total. The number of hydrogen-bond acceptors (Lipinski definition) is 4. The fourth-order valence-electron chi connectivity index (χ4n) is 2.83. The van der Waals surface area contributed by atoms with Crippen molar-refractivity contribution < 1.29 is 4.79 Å². The predicted octanol–water partition coefficient (Wildman–Crippen LogP) is 5.34. The van der Waals surface area contributed by atoms with Crippen molar-refractivity contribution in [2.24, 2.45) is 0 Å². The Morgan fingerprint density at radius 3 is 2.59 bits per heavy atom. The molecule has 27 heavy (non-hydrogen) atoms. The molecule has 2 aromatic carbocycles. The highest BCUT2D eigenvalue weighted by atomic mass is 79.9. The number of anilines is 1. The zero-order valence-corrected chi connectivity index (χ0v) is 16.8. The van der Waals surface area contributed by atoms with E-state index in [1.807, 2.05) is 42.5 Å². The smallest absolute Gasteiger partial charge is 0.261 e. The van der Waals surface area contributed by atoms with Gasteiger partial charge in [0.05, 0.1) is 15.8 Å². The number of nitrogens with zero attached hydrogens (tertiary/aromatic N) is 3. The van der Waals surface area contributed by atoms with Crippen LogP contribution in [-0.4, -0.2) is 22.4 Å². The molecule has 0 aliphatic rings. The molecule has 0 aliphatic carbocycles. The van der Waals surface area contributed by atoms with Crippen molar-refractivity contribution in [2.45, 2.75) is 6.42 Å². The fourth-order valence-corrected chi connectivity index (χ4v) is 4.18. The highest BCUT2D eigenvalue weighted by molar-refractivity contribution is 9.10. The van der Waals surface area contributed by atoms with Crippen LogP contribution in [0.4, 0.5) is 5.13 Å². The minimum Gasteiger partial charge on any atom is -0.284 e. The minimum atomic E-state index is -0.0983. The molecular weight excluding hydrogens is 422 g/mol. The molecule has 4 rings (SSSR count). The Bertz CT molecular complexity index is 1050. The summed E-state index contributed by atoms with van der Waals surface area (Å²) in [6.07, 6.45) is 4.02. The van der Waals surface area contributed by atoms with Crippen LogP contribution in [0.2, 0.25) is 0 Å². The summed E-state index contributed by atoms with van der Waals surface area (Å²) >= 11 is 4.92. The van der Waals surface area contributed by atoms with Crippen LogP contribution in [0.15, 0.2) is 77.5 Å². The zero-order chi connectivity index (χ0) is 18.6. The highest BCUT2D eigenvalue weighted by Crippen LogP contribution is 2.30. The maximum atomic E-state index is 13.2. The lowest BCUT2D eigenvalue weighted by Crippen LogP contribution is -2.33. The van der Waals surface area contributed by atoms with Crippen LogP contribution in [0.3, 0.4) is 0 Å². The van der Waals surface area contributed by atoms with Gasteiger partial charge in [0.25, 0.3) is 5.91 Å². The molecule has 0 fully saturated rings. The first-order valence-electron chi connectivity index (χ1n) is 8.52. The SMILES string of the molecule is O=C(c1cncc(Br)c1)N(CCc1ccccc1)c1nc2ccccc2s1. The zero-order valence-electron chi connectivity index (χ0n) is 14.4. The van der Waals surface area contributed by atoms with Gasteiger partial charge in [-0.05, 0) is 46.1 Å². The van der Waals surface area contributed by atoms with E-state index in [2.05, 4.69) is 38.0 Å². The normalized spacial score (nSPS) is 10.9. The number of hydrogen-bond donors (Lipinski definition) is 0. The maximum Gasteiger partial charge on any atom is 0.261 e. The molecule has 2 heterocycles.